The molecule has 0 atom stereocenters. The van der Waals surface area contributed by atoms with Gasteiger partial charge in [0.1, 0.15) is 16.1 Å². The number of aromatic nitrogens is 2. The average Bonchev–Trinajstić information content (AvgIpc) is 2.55. The van der Waals surface area contributed by atoms with Crippen molar-refractivity contribution in [2.75, 3.05) is 7.11 Å². The predicted molar refractivity (Wildman–Crippen MR) is 83.6 cm³/mol. The highest BCUT2D eigenvalue weighted by Gasteiger charge is 2.12. The summed E-state index contributed by atoms with van der Waals surface area (Å²) in [5.74, 6) is 0.664. The number of nitriles is 1. The van der Waals surface area contributed by atoms with Crippen LogP contribution in [-0.2, 0) is 0 Å². The summed E-state index contributed by atoms with van der Waals surface area (Å²) in [6, 6.07) is 15.2. The van der Waals surface area contributed by atoms with Crippen LogP contribution in [0.2, 0.25) is 0 Å². The van der Waals surface area contributed by atoms with Crippen molar-refractivity contribution < 1.29 is 4.74 Å². The van der Waals surface area contributed by atoms with Gasteiger partial charge in [-0.1, -0.05) is 36.5 Å². The molecule has 0 radical (unpaired) electrons. The van der Waals surface area contributed by atoms with Crippen molar-refractivity contribution in [2.45, 2.75) is 0 Å². The number of hydrogen-bond acceptors (Lipinski definition) is 4. The first-order valence-corrected chi connectivity index (χ1v) is 6.71. The molecule has 102 valence electrons. The highest BCUT2D eigenvalue weighted by molar-refractivity contribution is 7.71. The summed E-state index contributed by atoms with van der Waals surface area (Å²) in [5.41, 5.74) is 2.03. The van der Waals surface area contributed by atoms with E-state index in [0.717, 1.165) is 16.3 Å². The Morgan fingerprint density at radius 2 is 1.95 bits per heavy atom. The Morgan fingerprint density at radius 3 is 2.67 bits per heavy atom. The number of rotatable bonds is 2. The fourth-order valence-electron chi connectivity index (χ4n) is 2.28. The maximum atomic E-state index is 9.09. The van der Waals surface area contributed by atoms with E-state index in [1.165, 1.54) is 0 Å². The second kappa shape index (κ2) is 5.35. The maximum absolute atomic E-state index is 9.09. The molecule has 1 heterocycles. The first-order valence-electron chi connectivity index (χ1n) is 6.30. The fourth-order valence-corrected chi connectivity index (χ4v) is 2.51. The minimum atomic E-state index is 0.555. The van der Waals surface area contributed by atoms with Gasteiger partial charge < -0.3 is 4.74 Å². The van der Waals surface area contributed by atoms with E-state index in [2.05, 4.69) is 16.3 Å². The van der Waals surface area contributed by atoms with Gasteiger partial charge in [0, 0.05) is 16.3 Å². The van der Waals surface area contributed by atoms with E-state index < -0.39 is 0 Å². The highest BCUT2D eigenvalue weighted by Crippen LogP contribution is 2.33. The second-order valence-corrected chi connectivity index (χ2v) is 4.88. The Kier molecular flexibility index (Phi) is 3.38. The van der Waals surface area contributed by atoms with Crippen LogP contribution in [0.3, 0.4) is 0 Å². The molecule has 0 amide bonds. The molecule has 0 bridgehead atoms. The Morgan fingerprint density at radius 1 is 1.19 bits per heavy atom. The predicted octanol–water partition coefficient (Wildman–Crippen LogP) is 3.84. The Hall–Kier alpha value is -2.71. The number of nitrogens with zero attached hydrogens (tertiary/aromatic N) is 2. The Labute approximate surface area is 126 Å². The van der Waals surface area contributed by atoms with E-state index in [1.807, 2.05) is 24.3 Å². The molecular formula is C16H11N3OS. The third-order valence-corrected chi connectivity index (χ3v) is 3.59. The van der Waals surface area contributed by atoms with Gasteiger partial charge in [0.2, 0.25) is 0 Å². The van der Waals surface area contributed by atoms with Crippen LogP contribution in [-0.4, -0.2) is 17.3 Å². The molecule has 4 nitrogen and oxygen atoms in total. The van der Waals surface area contributed by atoms with Crippen LogP contribution < -0.4 is 4.74 Å². The smallest absolute Gasteiger partial charge is 0.128 e. The number of H-pyrrole nitrogens is 1. The number of hydrogen-bond donors (Lipinski definition) is 1. The second-order valence-electron chi connectivity index (χ2n) is 4.47. The molecule has 0 aliphatic carbocycles. The molecule has 1 aromatic heterocycles. The largest absolute Gasteiger partial charge is 0.496 e. The molecule has 0 spiro atoms. The molecule has 0 unspecified atom stereocenters. The number of fused-ring (bicyclic) bond motifs is 1. The van der Waals surface area contributed by atoms with Gasteiger partial charge in [-0.15, -0.1) is 0 Å². The molecule has 0 aliphatic heterocycles. The minimum Gasteiger partial charge on any atom is -0.496 e. The van der Waals surface area contributed by atoms with Crippen LogP contribution in [0, 0.1) is 16.0 Å². The molecule has 0 saturated heterocycles. The first-order chi connectivity index (χ1) is 10.2. The van der Waals surface area contributed by atoms with Crippen LogP contribution in [0.1, 0.15) is 5.56 Å². The maximum Gasteiger partial charge on any atom is 0.128 e. The van der Waals surface area contributed by atoms with Gasteiger partial charge >= 0.3 is 0 Å². The van der Waals surface area contributed by atoms with Gasteiger partial charge in [-0.3, -0.25) is 5.10 Å². The number of methoxy groups -OCH3 is 1. The summed E-state index contributed by atoms with van der Waals surface area (Å²) < 4.78 is 5.98. The van der Waals surface area contributed by atoms with Crippen LogP contribution in [0.4, 0.5) is 0 Å². The molecule has 3 rings (SSSR count). The van der Waals surface area contributed by atoms with Crippen LogP contribution >= 0.6 is 12.2 Å². The van der Waals surface area contributed by atoms with E-state index in [-0.39, 0.29) is 0 Å². The molecule has 0 aliphatic rings. The van der Waals surface area contributed by atoms with Gasteiger partial charge in [0.05, 0.1) is 18.7 Å². The zero-order valence-electron chi connectivity index (χ0n) is 11.3. The van der Waals surface area contributed by atoms with Gasteiger partial charge in [-0.05, 0) is 18.2 Å². The van der Waals surface area contributed by atoms with Gasteiger partial charge in [0.25, 0.3) is 0 Å². The standard InChI is InChI=1S/C16H11N3OS/c1-20-14-7-6-10(9-17)8-13(14)15-11-4-2-3-5-12(11)16(21)19-18-15/h2-8H,1H3,(H,19,21). The zero-order chi connectivity index (χ0) is 14.8. The lowest BCUT2D eigenvalue weighted by Crippen LogP contribution is -1.95. The lowest BCUT2D eigenvalue weighted by atomic mass is 10.0. The summed E-state index contributed by atoms with van der Waals surface area (Å²) in [5, 5.41) is 18.1. The van der Waals surface area contributed by atoms with E-state index in [0.29, 0.717) is 21.6 Å². The lowest BCUT2D eigenvalue weighted by Gasteiger charge is -2.10. The number of benzene rings is 2. The molecule has 2 aromatic carbocycles. The third-order valence-electron chi connectivity index (χ3n) is 3.28. The molecule has 0 fully saturated rings. The lowest BCUT2D eigenvalue weighted by molar-refractivity contribution is 0.416. The Bertz CT molecular complexity index is 925. The monoisotopic (exact) mass is 293 g/mol. The molecule has 0 saturated carbocycles. The van der Waals surface area contributed by atoms with Crippen molar-refractivity contribution in [1.82, 2.24) is 10.2 Å². The zero-order valence-corrected chi connectivity index (χ0v) is 12.1. The van der Waals surface area contributed by atoms with Crippen LogP contribution in [0.25, 0.3) is 22.0 Å². The van der Waals surface area contributed by atoms with E-state index in [4.69, 9.17) is 22.2 Å². The van der Waals surface area contributed by atoms with Gasteiger partial charge in [0.15, 0.2) is 0 Å². The molecule has 1 N–H and O–H groups in total. The molecule has 5 heteroatoms. The van der Waals surface area contributed by atoms with Crippen molar-refractivity contribution in [1.29, 1.82) is 5.26 Å². The fraction of sp³-hybridized carbons (Fsp3) is 0.0625. The summed E-state index contributed by atoms with van der Waals surface area (Å²) in [6.07, 6.45) is 0. The number of ether oxygens (including phenoxy) is 1. The van der Waals surface area contributed by atoms with Crippen molar-refractivity contribution in [3.63, 3.8) is 0 Å². The minimum absolute atomic E-state index is 0.555. The van der Waals surface area contributed by atoms with Gasteiger partial charge in [-0.25, -0.2) is 0 Å². The summed E-state index contributed by atoms with van der Waals surface area (Å²) in [4.78, 5) is 0. The topological polar surface area (TPSA) is 61.7 Å². The number of nitrogens with one attached hydrogen (secondary N) is 1. The quantitative estimate of drug-likeness (QED) is 0.729. The number of aromatic amines is 1. The molecular weight excluding hydrogens is 282 g/mol. The molecule has 21 heavy (non-hydrogen) atoms. The molecule has 3 aromatic rings. The first kappa shape index (κ1) is 13.3. The van der Waals surface area contributed by atoms with Gasteiger partial charge in [-0.2, -0.15) is 10.4 Å². The summed E-state index contributed by atoms with van der Waals surface area (Å²) in [7, 11) is 1.60. The Balaban J connectivity index is 2.39. The van der Waals surface area contributed by atoms with Crippen molar-refractivity contribution in [3.8, 4) is 23.1 Å². The van der Waals surface area contributed by atoms with E-state index in [1.54, 1.807) is 25.3 Å². The van der Waals surface area contributed by atoms with E-state index >= 15 is 0 Å². The normalized spacial score (nSPS) is 10.3. The van der Waals surface area contributed by atoms with Crippen LogP contribution in [0.5, 0.6) is 5.75 Å². The summed E-state index contributed by atoms with van der Waals surface area (Å²) >= 11 is 5.27. The summed E-state index contributed by atoms with van der Waals surface area (Å²) in [6.45, 7) is 0. The highest BCUT2D eigenvalue weighted by atomic mass is 32.1. The van der Waals surface area contributed by atoms with Crippen LogP contribution in [0.15, 0.2) is 42.5 Å². The van der Waals surface area contributed by atoms with Crippen molar-refractivity contribution >= 4 is 23.0 Å². The third kappa shape index (κ3) is 2.26. The van der Waals surface area contributed by atoms with Crippen molar-refractivity contribution in [3.05, 3.63) is 52.7 Å². The van der Waals surface area contributed by atoms with E-state index in [9.17, 15) is 0 Å². The van der Waals surface area contributed by atoms with Crippen molar-refractivity contribution in [2.24, 2.45) is 0 Å². The average molecular weight is 293 g/mol. The SMILES string of the molecule is COc1ccc(C#N)cc1-c1n[nH]c(=S)c2ccccc12.